The van der Waals surface area contributed by atoms with Crippen molar-refractivity contribution >= 4 is 17.6 Å². The average Bonchev–Trinajstić information content (AvgIpc) is 3.14. The third kappa shape index (κ3) is 3.15. The Labute approximate surface area is 140 Å². The highest BCUT2D eigenvalue weighted by molar-refractivity contribution is 5.97. The molecule has 2 N–H and O–H groups in total. The van der Waals surface area contributed by atoms with Crippen LogP contribution in [0.5, 0.6) is 0 Å². The lowest BCUT2D eigenvalue weighted by atomic mass is 9.94. The number of rotatable bonds is 5. The van der Waals surface area contributed by atoms with Gasteiger partial charge in [-0.25, -0.2) is 0 Å². The number of nitrogens with zero attached hydrogens (tertiary/aromatic N) is 3. The summed E-state index contributed by atoms with van der Waals surface area (Å²) < 4.78 is 0. The number of aromatic amines is 1. The molecular formula is C17H21N5O2. The van der Waals surface area contributed by atoms with Crippen molar-refractivity contribution < 1.29 is 9.59 Å². The van der Waals surface area contributed by atoms with Gasteiger partial charge in [0.05, 0.1) is 12.0 Å². The van der Waals surface area contributed by atoms with Crippen molar-refractivity contribution in [3.63, 3.8) is 0 Å². The SMILES string of the molecule is CCCc1cc(NC(=O)[C@H]2CC(=O)N(C)[C@@H]2c2cccnc2)n[nH]1. The molecule has 2 aromatic heterocycles. The first-order chi connectivity index (χ1) is 11.6. The van der Waals surface area contributed by atoms with E-state index in [2.05, 4.69) is 27.4 Å². The molecule has 0 saturated carbocycles. The minimum Gasteiger partial charge on any atom is -0.338 e. The molecule has 0 aromatic carbocycles. The Balaban J connectivity index is 1.78. The number of likely N-dealkylation sites (tertiary alicyclic amines) is 1. The normalized spacial score (nSPS) is 20.4. The summed E-state index contributed by atoms with van der Waals surface area (Å²) in [5, 5.41) is 9.85. The Kier molecular flexibility index (Phi) is 4.59. The predicted octanol–water partition coefficient (Wildman–Crippen LogP) is 1.92. The van der Waals surface area contributed by atoms with Crippen molar-refractivity contribution in [1.82, 2.24) is 20.1 Å². The molecular weight excluding hydrogens is 306 g/mol. The van der Waals surface area contributed by atoms with E-state index in [-0.39, 0.29) is 24.3 Å². The minimum absolute atomic E-state index is 0.0438. The van der Waals surface area contributed by atoms with Crippen LogP contribution in [0.4, 0.5) is 5.82 Å². The summed E-state index contributed by atoms with van der Waals surface area (Å²) >= 11 is 0. The number of carbonyl (C=O) groups excluding carboxylic acids is 2. The third-order valence-electron chi connectivity index (χ3n) is 4.35. The van der Waals surface area contributed by atoms with Crippen LogP contribution in [0, 0.1) is 5.92 Å². The van der Waals surface area contributed by atoms with Gasteiger partial charge in [0.15, 0.2) is 5.82 Å². The van der Waals surface area contributed by atoms with Gasteiger partial charge in [-0.1, -0.05) is 19.4 Å². The van der Waals surface area contributed by atoms with Gasteiger partial charge in [0.2, 0.25) is 11.8 Å². The summed E-state index contributed by atoms with van der Waals surface area (Å²) in [4.78, 5) is 30.5. The summed E-state index contributed by atoms with van der Waals surface area (Å²) in [5.41, 5.74) is 1.84. The van der Waals surface area contributed by atoms with Crippen LogP contribution in [0.2, 0.25) is 0 Å². The highest BCUT2D eigenvalue weighted by Crippen LogP contribution is 2.37. The summed E-state index contributed by atoms with van der Waals surface area (Å²) in [6.07, 6.45) is 5.45. The molecule has 2 aromatic rings. The Morgan fingerprint density at radius 1 is 1.50 bits per heavy atom. The van der Waals surface area contributed by atoms with Crippen LogP contribution < -0.4 is 5.32 Å². The van der Waals surface area contributed by atoms with Crippen molar-refractivity contribution in [1.29, 1.82) is 0 Å². The predicted molar refractivity (Wildman–Crippen MR) is 89.1 cm³/mol. The number of aromatic nitrogens is 3. The zero-order valence-electron chi connectivity index (χ0n) is 13.8. The van der Waals surface area contributed by atoms with Crippen molar-refractivity contribution in [3.8, 4) is 0 Å². The van der Waals surface area contributed by atoms with Crippen molar-refractivity contribution in [3.05, 3.63) is 41.9 Å². The van der Waals surface area contributed by atoms with Gasteiger partial charge in [0.1, 0.15) is 0 Å². The lowest BCUT2D eigenvalue weighted by Crippen LogP contribution is -2.30. The Hall–Kier alpha value is -2.70. The standard InChI is InChI=1S/C17H21N5O2/c1-3-5-12-8-14(21-20-12)19-17(24)13-9-15(23)22(2)16(13)11-6-4-7-18-10-11/h4,6-8,10,13,16H,3,5,9H2,1-2H3,(H2,19,20,21,24)/t13-,16+/m0/s1. The molecule has 0 unspecified atom stereocenters. The second-order valence-electron chi connectivity index (χ2n) is 6.06. The minimum atomic E-state index is -0.460. The van der Waals surface area contributed by atoms with Crippen molar-refractivity contribution in [2.24, 2.45) is 5.92 Å². The fraction of sp³-hybridized carbons (Fsp3) is 0.412. The molecule has 0 spiro atoms. The molecule has 0 radical (unpaired) electrons. The number of nitrogens with one attached hydrogen (secondary N) is 2. The maximum absolute atomic E-state index is 12.7. The molecule has 1 fully saturated rings. The van der Waals surface area contributed by atoms with E-state index >= 15 is 0 Å². The molecule has 0 bridgehead atoms. The van der Waals surface area contributed by atoms with Gasteiger partial charge in [0.25, 0.3) is 0 Å². The Morgan fingerprint density at radius 2 is 2.33 bits per heavy atom. The summed E-state index contributed by atoms with van der Waals surface area (Å²) in [7, 11) is 1.72. The largest absolute Gasteiger partial charge is 0.338 e. The van der Waals surface area contributed by atoms with Gasteiger partial charge in [-0.05, 0) is 18.1 Å². The highest BCUT2D eigenvalue weighted by atomic mass is 16.2. The van der Waals surface area contributed by atoms with Crippen molar-refractivity contribution in [2.45, 2.75) is 32.2 Å². The molecule has 3 rings (SSSR count). The van der Waals surface area contributed by atoms with Crippen LogP contribution in [0.25, 0.3) is 0 Å². The molecule has 1 saturated heterocycles. The second-order valence-corrected chi connectivity index (χ2v) is 6.06. The fourth-order valence-corrected chi connectivity index (χ4v) is 3.15. The molecule has 0 aliphatic carbocycles. The van der Waals surface area contributed by atoms with Crippen LogP contribution in [0.1, 0.15) is 37.1 Å². The van der Waals surface area contributed by atoms with E-state index in [1.54, 1.807) is 24.3 Å². The van der Waals surface area contributed by atoms with Gasteiger partial charge in [-0.2, -0.15) is 5.10 Å². The Morgan fingerprint density at radius 3 is 3.04 bits per heavy atom. The summed E-state index contributed by atoms with van der Waals surface area (Å²) in [5.74, 6) is -0.206. The van der Waals surface area contributed by atoms with Crippen LogP contribution in [0.15, 0.2) is 30.6 Å². The van der Waals surface area contributed by atoms with Crippen molar-refractivity contribution in [2.75, 3.05) is 12.4 Å². The first-order valence-corrected chi connectivity index (χ1v) is 8.11. The second kappa shape index (κ2) is 6.82. The first kappa shape index (κ1) is 16.2. The molecule has 126 valence electrons. The molecule has 3 heterocycles. The van der Waals surface area contributed by atoms with E-state index in [1.807, 2.05) is 18.2 Å². The van der Waals surface area contributed by atoms with Gasteiger partial charge in [-0.15, -0.1) is 0 Å². The molecule has 2 atom stereocenters. The lowest BCUT2D eigenvalue weighted by Gasteiger charge is -2.24. The smallest absolute Gasteiger partial charge is 0.231 e. The average molecular weight is 327 g/mol. The van der Waals surface area contributed by atoms with E-state index in [0.29, 0.717) is 5.82 Å². The number of aryl methyl sites for hydroxylation is 1. The number of carbonyl (C=O) groups is 2. The van der Waals surface area contributed by atoms with E-state index in [0.717, 1.165) is 24.1 Å². The van der Waals surface area contributed by atoms with E-state index in [9.17, 15) is 9.59 Å². The molecule has 7 heteroatoms. The molecule has 2 amide bonds. The van der Waals surface area contributed by atoms with Crippen LogP contribution in [-0.4, -0.2) is 38.9 Å². The van der Waals surface area contributed by atoms with Gasteiger partial charge in [-0.3, -0.25) is 19.7 Å². The van der Waals surface area contributed by atoms with Gasteiger partial charge in [0, 0.05) is 37.6 Å². The number of H-pyrrole nitrogens is 1. The highest BCUT2D eigenvalue weighted by Gasteiger charge is 2.42. The number of pyridine rings is 1. The topological polar surface area (TPSA) is 91.0 Å². The number of hydrogen-bond acceptors (Lipinski definition) is 4. The molecule has 7 nitrogen and oxygen atoms in total. The number of hydrogen-bond donors (Lipinski definition) is 2. The van der Waals surface area contributed by atoms with Crippen LogP contribution >= 0.6 is 0 Å². The summed E-state index contributed by atoms with van der Waals surface area (Å²) in [6, 6.07) is 5.23. The summed E-state index contributed by atoms with van der Waals surface area (Å²) in [6.45, 7) is 2.08. The maximum Gasteiger partial charge on any atom is 0.231 e. The van der Waals surface area contributed by atoms with E-state index in [1.165, 1.54) is 0 Å². The van der Waals surface area contributed by atoms with E-state index < -0.39 is 5.92 Å². The first-order valence-electron chi connectivity index (χ1n) is 8.11. The van der Waals surface area contributed by atoms with Gasteiger partial charge < -0.3 is 10.2 Å². The zero-order chi connectivity index (χ0) is 17.1. The van der Waals surface area contributed by atoms with Crippen LogP contribution in [-0.2, 0) is 16.0 Å². The molecule has 24 heavy (non-hydrogen) atoms. The third-order valence-corrected chi connectivity index (χ3v) is 4.35. The number of amides is 2. The zero-order valence-corrected chi connectivity index (χ0v) is 13.8. The quantitative estimate of drug-likeness (QED) is 0.877. The fourth-order valence-electron chi connectivity index (χ4n) is 3.15. The van der Waals surface area contributed by atoms with Crippen LogP contribution in [0.3, 0.4) is 0 Å². The van der Waals surface area contributed by atoms with E-state index in [4.69, 9.17) is 0 Å². The monoisotopic (exact) mass is 327 g/mol. The molecule has 1 aliphatic heterocycles. The molecule has 1 aliphatic rings. The maximum atomic E-state index is 12.7. The van der Waals surface area contributed by atoms with Gasteiger partial charge >= 0.3 is 0 Å². The lowest BCUT2D eigenvalue weighted by molar-refractivity contribution is -0.128. The Bertz CT molecular complexity index is 728. The number of anilines is 1.